The third-order valence-electron chi connectivity index (χ3n) is 3.42. The molecule has 0 amide bonds. The summed E-state index contributed by atoms with van der Waals surface area (Å²) in [5, 5.41) is 6.61. The van der Waals surface area contributed by atoms with Gasteiger partial charge in [-0.1, -0.05) is 6.07 Å². The standard InChI is InChI=1S/C18H31N3O3.HI/c1-5-23-12-8-7-11-20-18(19-3)21-14-15-9-10-16(24-6-2)17(13-15)22-4;/h9-10,13H,5-8,11-12,14H2,1-4H3,(H2,19,20,21);1H. The highest BCUT2D eigenvalue weighted by molar-refractivity contribution is 14.0. The second-order valence-corrected chi connectivity index (χ2v) is 5.17. The molecule has 6 nitrogen and oxygen atoms in total. The van der Waals surface area contributed by atoms with Gasteiger partial charge in [-0.2, -0.15) is 0 Å². The van der Waals surface area contributed by atoms with Crippen molar-refractivity contribution in [1.82, 2.24) is 10.6 Å². The number of benzene rings is 1. The van der Waals surface area contributed by atoms with E-state index in [9.17, 15) is 0 Å². The molecule has 0 atom stereocenters. The van der Waals surface area contributed by atoms with Gasteiger partial charge in [-0.25, -0.2) is 0 Å². The van der Waals surface area contributed by atoms with E-state index in [0.717, 1.165) is 55.6 Å². The Bertz CT molecular complexity index is 498. The number of ether oxygens (including phenoxy) is 3. The lowest BCUT2D eigenvalue weighted by Gasteiger charge is -2.14. The van der Waals surface area contributed by atoms with E-state index in [2.05, 4.69) is 15.6 Å². The van der Waals surface area contributed by atoms with Crippen molar-refractivity contribution in [3.05, 3.63) is 23.8 Å². The van der Waals surface area contributed by atoms with Gasteiger partial charge in [-0.05, 0) is 44.4 Å². The van der Waals surface area contributed by atoms with Crippen LogP contribution in [-0.2, 0) is 11.3 Å². The summed E-state index contributed by atoms with van der Waals surface area (Å²) in [5.41, 5.74) is 1.11. The first-order chi connectivity index (χ1) is 11.7. The smallest absolute Gasteiger partial charge is 0.191 e. The minimum atomic E-state index is 0. The quantitative estimate of drug-likeness (QED) is 0.228. The van der Waals surface area contributed by atoms with Crippen molar-refractivity contribution in [2.24, 2.45) is 4.99 Å². The molecule has 1 aromatic carbocycles. The number of rotatable bonds is 11. The minimum Gasteiger partial charge on any atom is -0.493 e. The number of hydrogen-bond acceptors (Lipinski definition) is 4. The van der Waals surface area contributed by atoms with Crippen LogP contribution >= 0.6 is 24.0 Å². The fourth-order valence-electron chi connectivity index (χ4n) is 2.18. The zero-order chi connectivity index (χ0) is 17.6. The van der Waals surface area contributed by atoms with E-state index in [4.69, 9.17) is 14.2 Å². The van der Waals surface area contributed by atoms with E-state index < -0.39 is 0 Å². The van der Waals surface area contributed by atoms with Crippen LogP contribution in [0.1, 0.15) is 32.3 Å². The SMILES string of the molecule is CCOCCCCNC(=NC)NCc1ccc(OCC)c(OC)c1.I. The summed E-state index contributed by atoms with van der Waals surface area (Å²) >= 11 is 0. The summed E-state index contributed by atoms with van der Waals surface area (Å²) in [5.74, 6) is 2.30. The fraction of sp³-hybridized carbons (Fsp3) is 0.611. The largest absolute Gasteiger partial charge is 0.493 e. The van der Waals surface area contributed by atoms with Crippen LogP contribution in [-0.4, -0.2) is 46.5 Å². The van der Waals surface area contributed by atoms with Crippen LogP contribution in [0.5, 0.6) is 11.5 Å². The molecule has 0 aliphatic carbocycles. The first-order valence-corrected chi connectivity index (χ1v) is 8.57. The summed E-state index contributed by atoms with van der Waals surface area (Å²) in [4.78, 5) is 4.23. The number of nitrogens with zero attached hydrogens (tertiary/aromatic N) is 1. The summed E-state index contributed by atoms with van der Waals surface area (Å²) in [7, 11) is 3.42. The fourth-order valence-corrected chi connectivity index (χ4v) is 2.18. The Morgan fingerprint density at radius 3 is 2.52 bits per heavy atom. The molecule has 0 spiro atoms. The average Bonchev–Trinajstić information content (AvgIpc) is 2.61. The Morgan fingerprint density at radius 2 is 1.88 bits per heavy atom. The van der Waals surface area contributed by atoms with E-state index in [0.29, 0.717) is 13.2 Å². The lowest BCUT2D eigenvalue weighted by Crippen LogP contribution is -2.37. The Kier molecular flexibility index (Phi) is 14.3. The van der Waals surface area contributed by atoms with E-state index >= 15 is 0 Å². The van der Waals surface area contributed by atoms with Crippen LogP contribution in [0.15, 0.2) is 23.2 Å². The van der Waals surface area contributed by atoms with Gasteiger partial charge >= 0.3 is 0 Å². The van der Waals surface area contributed by atoms with Crippen LogP contribution in [0.3, 0.4) is 0 Å². The summed E-state index contributed by atoms with van der Waals surface area (Å²) in [6.45, 7) is 7.73. The van der Waals surface area contributed by atoms with Gasteiger partial charge in [0.1, 0.15) is 0 Å². The van der Waals surface area contributed by atoms with Crippen molar-refractivity contribution in [3.8, 4) is 11.5 Å². The van der Waals surface area contributed by atoms with Gasteiger partial charge in [0.2, 0.25) is 0 Å². The first-order valence-electron chi connectivity index (χ1n) is 8.57. The predicted molar refractivity (Wildman–Crippen MR) is 114 cm³/mol. The summed E-state index contributed by atoms with van der Waals surface area (Å²) in [6, 6.07) is 5.94. The molecule has 0 heterocycles. The van der Waals surface area contributed by atoms with Gasteiger partial charge in [-0.3, -0.25) is 4.99 Å². The topological polar surface area (TPSA) is 64.1 Å². The molecule has 0 unspecified atom stereocenters. The second-order valence-electron chi connectivity index (χ2n) is 5.17. The predicted octanol–water partition coefficient (Wildman–Crippen LogP) is 3.19. The van der Waals surface area contributed by atoms with Crippen molar-refractivity contribution in [3.63, 3.8) is 0 Å². The first kappa shape index (κ1) is 23.8. The monoisotopic (exact) mass is 465 g/mol. The van der Waals surface area contributed by atoms with E-state index in [1.807, 2.05) is 32.0 Å². The maximum Gasteiger partial charge on any atom is 0.191 e. The lowest BCUT2D eigenvalue weighted by molar-refractivity contribution is 0.143. The molecule has 1 rings (SSSR count). The molecule has 2 N–H and O–H groups in total. The molecule has 0 bridgehead atoms. The van der Waals surface area contributed by atoms with Gasteiger partial charge in [0, 0.05) is 33.4 Å². The Morgan fingerprint density at radius 1 is 1.08 bits per heavy atom. The molecule has 0 aromatic heterocycles. The molecule has 7 heteroatoms. The van der Waals surface area contributed by atoms with Crippen molar-refractivity contribution >= 4 is 29.9 Å². The zero-order valence-corrected chi connectivity index (χ0v) is 18.1. The maximum atomic E-state index is 5.53. The van der Waals surface area contributed by atoms with Gasteiger partial charge in [0.25, 0.3) is 0 Å². The van der Waals surface area contributed by atoms with Crippen LogP contribution < -0.4 is 20.1 Å². The van der Waals surface area contributed by atoms with E-state index in [1.54, 1.807) is 14.2 Å². The molecular formula is C18H32IN3O3. The van der Waals surface area contributed by atoms with Gasteiger partial charge in [0.05, 0.1) is 13.7 Å². The van der Waals surface area contributed by atoms with Crippen LogP contribution in [0.25, 0.3) is 0 Å². The molecule has 144 valence electrons. The van der Waals surface area contributed by atoms with Crippen LogP contribution in [0.4, 0.5) is 0 Å². The molecule has 25 heavy (non-hydrogen) atoms. The second kappa shape index (κ2) is 15.1. The van der Waals surface area contributed by atoms with Gasteiger partial charge in [-0.15, -0.1) is 24.0 Å². The maximum absolute atomic E-state index is 5.53. The highest BCUT2D eigenvalue weighted by Gasteiger charge is 2.06. The van der Waals surface area contributed by atoms with E-state index in [1.165, 1.54) is 0 Å². The van der Waals surface area contributed by atoms with Crippen LogP contribution in [0, 0.1) is 0 Å². The molecular weight excluding hydrogens is 433 g/mol. The van der Waals surface area contributed by atoms with Gasteiger partial charge < -0.3 is 24.8 Å². The number of nitrogens with one attached hydrogen (secondary N) is 2. The molecule has 0 fully saturated rings. The molecule has 0 aliphatic heterocycles. The molecule has 0 saturated heterocycles. The number of hydrogen-bond donors (Lipinski definition) is 2. The number of unbranched alkanes of at least 4 members (excludes halogenated alkanes) is 1. The molecule has 0 saturated carbocycles. The summed E-state index contributed by atoms with van der Waals surface area (Å²) < 4.78 is 16.2. The molecule has 0 radical (unpaired) electrons. The van der Waals surface area contributed by atoms with Crippen molar-refractivity contribution in [2.75, 3.05) is 40.5 Å². The normalized spacial score (nSPS) is 10.8. The minimum absolute atomic E-state index is 0. The lowest BCUT2D eigenvalue weighted by atomic mass is 10.2. The van der Waals surface area contributed by atoms with Crippen molar-refractivity contribution in [2.45, 2.75) is 33.2 Å². The van der Waals surface area contributed by atoms with E-state index in [-0.39, 0.29) is 24.0 Å². The Hall–Kier alpha value is -1.22. The number of methoxy groups -OCH3 is 1. The van der Waals surface area contributed by atoms with Gasteiger partial charge in [0.15, 0.2) is 17.5 Å². The number of aliphatic imine (C=N–C) groups is 1. The van der Waals surface area contributed by atoms with Crippen LogP contribution in [0.2, 0.25) is 0 Å². The number of guanidine groups is 1. The molecule has 1 aromatic rings. The third kappa shape index (κ3) is 9.74. The van der Waals surface area contributed by atoms with Crippen molar-refractivity contribution in [1.29, 1.82) is 0 Å². The zero-order valence-electron chi connectivity index (χ0n) is 15.8. The third-order valence-corrected chi connectivity index (χ3v) is 3.42. The number of halogens is 1. The highest BCUT2D eigenvalue weighted by atomic mass is 127. The highest BCUT2D eigenvalue weighted by Crippen LogP contribution is 2.27. The summed E-state index contributed by atoms with van der Waals surface area (Å²) in [6.07, 6.45) is 2.10. The average molecular weight is 465 g/mol. The Balaban J connectivity index is 0.00000576. The van der Waals surface area contributed by atoms with Crippen molar-refractivity contribution < 1.29 is 14.2 Å². The Labute approximate surface area is 168 Å². The molecule has 0 aliphatic rings.